The Morgan fingerprint density at radius 1 is 0.696 bits per heavy atom. The van der Waals surface area contributed by atoms with Gasteiger partial charge in [0.05, 0.1) is 0 Å². The molecule has 128 valence electrons. The minimum absolute atomic E-state index is 0. The van der Waals surface area contributed by atoms with E-state index in [4.69, 9.17) is 0 Å². The maximum atomic E-state index is 11.3. The van der Waals surface area contributed by atoms with E-state index in [1.165, 1.54) is 39.0 Å². The molecular weight excluding hydrogens is 324 g/mol. The first-order valence-corrected chi connectivity index (χ1v) is 7.95. The molecule has 0 saturated carbocycles. The summed E-state index contributed by atoms with van der Waals surface area (Å²) in [6.45, 7) is 20.8. The van der Waals surface area contributed by atoms with Gasteiger partial charge in [-0.15, -0.1) is 5.76 Å². The van der Waals surface area contributed by atoms with Crippen molar-refractivity contribution >= 4 is 0 Å². The second-order valence-electron chi connectivity index (χ2n) is 6.56. The van der Waals surface area contributed by atoms with Crippen molar-refractivity contribution < 1.29 is 22.2 Å². The predicted molar refractivity (Wildman–Crippen MR) is 95.2 cm³/mol. The molecule has 0 aliphatic heterocycles. The van der Waals surface area contributed by atoms with Gasteiger partial charge in [0.1, 0.15) is 0 Å². The van der Waals surface area contributed by atoms with Crippen LogP contribution < -0.4 is 5.11 Å². The van der Waals surface area contributed by atoms with Gasteiger partial charge in [0, 0.05) is 0 Å². The van der Waals surface area contributed by atoms with Crippen molar-refractivity contribution in [3.8, 4) is 0 Å². The predicted octanol–water partition coefficient (Wildman–Crippen LogP) is 5.25. The first-order valence-electron chi connectivity index (χ1n) is 7.95. The van der Waals surface area contributed by atoms with Gasteiger partial charge in [-0.25, -0.2) is 0 Å². The van der Waals surface area contributed by atoms with E-state index in [0.717, 1.165) is 16.7 Å². The zero-order valence-corrected chi connectivity index (χ0v) is 17.4. The van der Waals surface area contributed by atoms with Crippen molar-refractivity contribution in [1.29, 1.82) is 0 Å². The number of hydrogen-bond acceptors (Lipinski definition) is 1. The molecule has 0 bridgehead atoms. The van der Waals surface area contributed by atoms with E-state index in [1.807, 2.05) is 13.8 Å². The van der Waals surface area contributed by atoms with Crippen LogP contribution >= 0.6 is 0 Å². The third-order valence-electron chi connectivity index (χ3n) is 5.60. The number of hydrogen-bond donors (Lipinski definition) is 0. The van der Waals surface area contributed by atoms with Gasteiger partial charge in [-0.1, -0.05) is 41.5 Å². The Balaban J connectivity index is 0.000000409. The number of allylic oxidation sites excluding steroid dienone is 6. The largest absolute Gasteiger partial charge is 2.00 e. The molecule has 0 spiro atoms. The van der Waals surface area contributed by atoms with E-state index in [9.17, 15) is 5.11 Å². The summed E-state index contributed by atoms with van der Waals surface area (Å²) in [5, 5.41) is 11.3. The van der Waals surface area contributed by atoms with Crippen LogP contribution in [0.4, 0.5) is 0 Å². The summed E-state index contributed by atoms with van der Waals surface area (Å²) in [5.74, 6) is 0.182. The molecule has 0 heterocycles. The summed E-state index contributed by atoms with van der Waals surface area (Å²) >= 11 is 0. The number of rotatable bonds is 0. The fourth-order valence-corrected chi connectivity index (χ4v) is 3.15. The van der Waals surface area contributed by atoms with E-state index < -0.39 is 0 Å². The minimum atomic E-state index is 0. The van der Waals surface area contributed by atoms with Gasteiger partial charge in [0.15, 0.2) is 0 Å². The average molecular weight is 354 g/mol. The van der Waals surface area contributed by atoms with Gasteiger partial charge in [-0.05, 0) is 55.6 Å². The Hall–Kier alpha value is -1.11. The Morgan fingerprint density at radius 2 is 1.00 bits per heavy atom. The minimum Gasteiger partial charge on any atom is -0.875 e. The summed E-state index contributed by atoms with van der Waals surface area (Å²) in [6, 6.07) is 0. The molecule has 0 fully saturated rings. The fraction of sp³-hybridized carbons (Fsp3) is 0.476. The zero-order valence-electron chi connectivity index (χ0n) is 16.3. The molecule has 1 nitrogen and oxygen atoms in total. The maximum Gasteiger partial charge on any atom is 2.00 e. The molecule has 0 saturated heterocycles. The first kappa shape index (κ1) is 21.9. The normalized spacial score (nSPS) is 13.9. The van der Waals surface area contributed by atoms with Crippen LogP contribution in [0, 0.1) is 34.6 Å². The fourth-order valence-electron chi connectivity index (χ4n) is 3.15. The molecule has 0 unspecified atom stereocenters. The SMILES string of the molecule is CC([O-])=C1C(C)=C(C)C(C)=C1C.Cc1c(C)c(C)[c-](C)c1C.[Fe+2]. The monoisotopic (exact) mass is 354 g/mol. The molecule has 1 aliphatic rings. The summed E-state index contributed by atoms with van der Waals surface area (Å²) in [5.41, 5.74) is 13.1. The average Bonchev–Trinajstić information content (AvgIpc) is 2.76. The smallest absolute Gasteiger partial charge is 0.875 e. The summed E-state index contributed by atoms with van der Waals surface area (Å²) in [6.07, 6.45) is 0. The molecule has 0 amide bonds. The first-order chi connectivity index (χ1) is 10.0. The second-order valence-corrected chi connectivity index (χ2v) is 6.56. The van der Waals surface area contributed by atoms with E-state index in [0.29, 0.717) is 0 Å². The molecule has 0 N–H and O–H groups in total. The standard InChI is InChI=1S/C11H16O.C10H15.Fe/c1-6-7(2)9(4)11(8(6)3)10(5)12;1-6-7(2)9(4)10(5)8(6)3;/h12H,1-5H3;1-5H3;/q;-1;+2/p-1. The van der Waals surface area contributed by atoms with E-state index in [-0.39, 0.29) is 22.8 Å². The molecule has 0 aromatic heterocycles. The Bertz CT molecular complexity index is 584. The molecule has 2 rings (SSSR count). The molecule has 0 atom stereocenters. The second kappa shape index (κ2) is 8.13. The van der Waals surface area contributed by atoms with Crippen LogP contribution in [0.5, 0.6) is 0 Å². The Morgan fingerprint density at radius 3 is 1.13 bits per heavy atom. The third-order valence-corrected chi connectivity index (χ3v) is 5.60. The van der Waals surface area contributed by atoms with Crippen molar-refractivity contribution in [2.75, 3.05) is 0 Å². The van der Waals surface area contributed by atoms with Crippen molar-refractivity contribution in [1.82, 2.24) is 0 Å². The van der Waals surface area contributed by atoms with E-state index in [2.05, 4.69) is 48.5 Å². The third kappa shape index (κ3) is 4.05. The van der Waals surface area contributed by atoms with E-state index >= 15 is 0 Å². The van der Waals surface area contributed by atoms with Crippen LogP contribution in [-0.4, -0.2) is 0 Å². The van der Waals surface area contributed by atoms with Crippen LogP contribution in [0.2, 0.25) is 0 Å². The molecule has 1 aromatic carbocycles. The molecule has 1 aromatic rings. The van der Waals surface area contributed by atoms with Gasteiger partial charge in [0.25, 0.3) is 0 Å². The van der Waals surface area contributed by atoms with Crippen LogP contribution in [0.1, 0.15) is 62.4 Å². The van der Waals surface area contributed by atoms with Gasteiger partial charge in [-0.2, -0.15) is 27.8 Å². The van der Waals surface area contributed by atoms with E-state index in [1.54, 1.807) is 6.92 Å². The van der Waals surface area contributed by atoms with Crippen LogP contribution in [0.3, 0.4) is 0 Å². The van der Waals surface area contributed by atoms with Crippen molar-refractivity contribution in [3.63, 3.8) is 0 Å². The van der Waals surface area contributed by atoms with Gasteiger partial charge in [-0.3, -0.25) is 0 Å². The molecule has 1 aliphatic carbocycles. The van der Waals surface area contributed by atoms with Gasteiger partial charge < -0.3 is 5.11 Å². The molecular formula is C21H30FeO. The topological polar surface area (TPSA) is 23.1 Å². The summed E-state index contributed by atoms with van der Waals surface area (Å²) in [4.78, 5) is 0. The quantitative estimate of drug-likeness (QED) is 0.354. The maximum absolute atomic E-state index is 11.3. The van der Waals surface area contributed by atoms with Crippen molar-refractivity contribution in [2.24, 2.45) is 0 Å². The summed E-state index contributed by atoms with van der Waals surface area (Å²) in [7, 11) is 0. The van der Waals surface area contributed by atoms with Gasteiger partial charge in [0.2, 0.25) is 0 Å². The van der Waals surface area contributed by atoms with Crippen LogP contribution in [0.15, 0.2) is 33.6 Å². The molecule has 2 heteroatoms. The Kier molecular flexibility index (Phi) is 7.73. The van der Waals surface area contributed by atoms with Crippen LogP contribution in [-0.2, 0) is 17.1 Å². The van der Waals surface area contributed by atoms with Crippen LogP contribution in [0.25, 0.3) is 0 Å². The summed E-state index contributed by atoms with van der Waals surface area (Å²) < 4.78 is 0. The Labute approximate surface area is 153 Å². The van der Waals surface area contributed by atoms with Gasteiger partial charge >= 0.3 is 17.1 Å². The molecule has 0 radical (unpaired) electrons. The van der Waals surface area contributed by atoms with Crippen molar-refractivity contribution in [2.45, 2.75) is 69.2 Å². The van der Waals surface area contributed by atoms with Crippen molar-refractivity contribution in [3.05, 3.63) is 61.4 Å². The zero-order chi connectivity index (χ0) is 17.4. The molecule has 23 heavy (non-hydrogen) atoms.